The highest BCUT2D eigenvalue weighted by atomic mass is 16.8. The Bertz CT molecular complexity index is 972. The summed E-state index contributed by atoms with van der Waals surface area (Å²) in [4.78, 5) is 0. The highest BCUT2D eigenvalue weighted by molar-refractivity contribution is 5.46. The normalized spacial score (nSPS) is 29.6. The average molecular weight is 428 g/mol. The maximum atomic E-state index is 11.0. The third-order valence-corrected chi connectivity index (χ3v) is 6.08. The smallest absolute Gasteiger partial charge is 0.190 e. The Hall–Kier alpha value is -2.16. The molecule has 3 aliphatic rings. The molecule has 31 heavy (non-hydrogen) atoms. The molecule has 3 heterocycles. The van der Waals surface area contributed by atoms with Gasteiger partial charge in [0.2, 0.25) is 0 Å². The van der Waals surface area contributed by atoms with Crippen molar-refractivity contribution in [3.63, 3.8) is 0 Å². The summed E-state index contributed by atoms with van der Waals surface area (Å²) in [6, 6.07) is 11.8. The molecule has 0 spiro atoms. The van der Waals surface area contributed by atoms with Crippen LogP contribution in [0.4, 0.5) is 0 Å². The Kier molecular flexibility index (Phi) is 5.19. The van der Waals surface area contributed by atoms with Crippen LogP contribution in [0.3, 0.4) is 0 Å². The first kappa shape index (κ1) is 20.7. The molecule has 0 amide bonds. The van der Waals surface area contributed by atoms with Gasteiger partial charge in [0.25, 0.3) is 0 Å². The van der Waals surface area contributed by atoms with Crippen molar-refractivity contribution in [3.05, 3.63) is 58.7 Å². The number of ether oxygens (including phenoxy) is 5. The van der Waals surface area contributed by atoms with E-state index in [4.69, 9.17) is 23.7 Å². The van der Waals surface area contributed by atoms with Gasteiger partial charge in [0.15, 0.2) is 23.6 Å². The van der Waals surface area contributed by atoms with Crippen LogP contribution in [0, 0.1) is 6.92 Å². The zero-order valence-corrected chi connectivity index (χ0v) is 17.9. The van der Waals surface area contributed by atoms with Gasteiger partial charge in [-0.2, -0.15) is 0 Å². The van der Waals surface area contributed by atoms with E-state index < -0.39 is 36.5 Å². The molecule has 166 valence electrons. The molecule has 7 nitrogen and oxygen atoms in total. The van der Waals surface area contributed by atoms with Crippen molar-refractivity contribution >= 4 is 0 Å². The fraction of sp³-hybridized carbons (Fsp3) is 0.500. The summed E-state index contributed by atoms with van der Waals surface area (Å²) in [5.74, 6) is 0.711. The molecular formula is C24H28O7. The number of hydrogen-bond donors (Lipinski definition) is 2. The number of aryl methyl sites for hydroxylation is 1. The fourth-order valence-corrected chi connectivity index (χ4v) is 4.45. The van der Waals surface area contributed by atoms with Crippen LogP contribution in [0.2, 0.25) is 0 Å². The Morgan fingerprint density at radius 1 is 1.03 bits per heavy atom. The first-order valence-electron chi connectivity index (χ1n) is 10.7. The van der Waals surface area contributed by atoms with Gasteiger partial charge < -0.3 is 33.9 Å². The summed E-state index contributed by atoms with van der Waals surface area (Å²) in [7, 11) is 0. The second kappa shape index (κ2) is 7.76. The summed E-state index contributed by atoms with van der Waals surface area (Å²) >= 11 is 0. The van der Waals surface area contributed by atoms with Gasteiger partial charge in [-0.15, -0.1) is 0 Å². The van der Waals surface area contributed by atoms with Crippen molar-refractivity contribution in [2.75, 3.05) is 13.2 Å². The minimum atomic E-state index is -1.00. The number of hydrogen-bond acceptors (Lipinski definition) is 7. The molecule has 1 unspecified atom stereocenters. The van der Waals surface area contributed by atoms with Crippen molar-refractivity contribution in [2.24, 2.45) is 0 Å². The zero-order valence-electron chi connectivity index (χ0n) is 17.9. The zero-order chi connectivity index (χ0) is 21.8. The third-order valence-electron chi connectivity index (χ3n) is 6.08. The molecule has 5 atom stereocenters. The van der Waals surface area contributed by atoms with E-state index in [1.807, 2.05) is 43.3 Å². The lowest BCUT2D eigenvalue weighted by molar-refractivity contribution is -0.226. The minimum Gasteiger partial charge on any atom is -0.486 e. The molecule has 2 aromatic carbocycles. The predicted molar refractivity (Wildman–Crippen MR) is 111 cm³/mol. The van der Waals surface area contributed by atoms with Crippen molar-refractivity contribution in [2.45, 2.75) is 63.7 Å². The molecule has 2 aromatic rings. The van der Waals surface area contributed by atoms with Gasteiger partial charge >= 0.3 is 0 Å². The summed E-state index contributed by atoms with van der Waals surface area (Å²) in [5.41, 5.74) is 3.97. The molecule has 2 N–H and O–H groups in total. The number of rotatable bonds is 4. The maximum Gasteiger partial charge on any atom is 0.190 e. The summed E-state index contributed by atoms with van der Waals surface area (Å²) in [6.45, 7) is 6.70. The second-order valence-electron chi connectivity index (χ2n) is 8.85. The van der Waals surface area contributed by atoms with Crippen LogP contribution in [0.15, 0.2) is 36.4 Å². The van der Waals surface area contributed by atoms with Crippen LogP contribution in [0.5, 0.6) is 11.5 Å². The third kappa shape index (κ3) is 3.92. The van der Waals surface area contributed by atoms with Crippen LogP contribution in [-0.2, 0) is 20.6 Å². The standard InChI is InChI=1S/C24H28O7/c1-13-4-6-15(19(25)21-20(26)22-23(29-21)31-24(2,3)30-22)12-16(13)10-14-5-7-17-18(11-14)28-9-8-27-17/h4-7,11-12,19-23,25-26H,8-10H2,1-3H3/t19?,20-,21+,22-,23-/m1/s1. The average Bonchev–Trinajstić information content (AvgIpc) is 3.21. The predicted octanol–water partition coefficient (Wildman–Crippen LogP) is 2.63. The van der Waals surface area contributed by atoms with Crippen molar-refractivity contribution in [3.8, 4) is 11.5 Å². The molecule has 2 fully saturated rings. The largest absolute Gasteiger partial charge is 0.486 e. The number of benzene rings is 2. The van der Waals surface area contributed by atoms with Gasteiger partial charge in [0, 0.05) is 0 Å². The first-order valence-corrected chi connectivity index (χ1v) is 10.7. The Morgan fingerprint density at radius 2 is 1.81 bits per heavy atom. The lowest BCUT2D eigenvalue weighted by Crippen LogP contribution is -2.37. The number of fused-ring (bicyclic) bond motifs is 2. The molecule has 5 rings (SSSR count). The van der Waals surface area contributed by atoms with E-state index in [2.05, 4.69) is 0 Å². The highest BCUT2D eigenvalue weighted by Crippen LogP contribution is 2.41. The number of aliphatic hydroxyl groups is 2. The molecule has 0 bridgehead atoms. The fourth-order valence-electron chi connectivity index (χ4n) is 4.45. The van der Waals surface area contributed by atoms with Crippen molar-refractivity contribution in [1.82, 2.24) is 0 Å². The van der Waals surface area contributed by atoms with E-state index in [1.54, 1.807) is 13.8 Å². The van der Waals surface area contributed by atoms with Gasteiger partial charge in [0.1, 0.15) is 37.6 Å². The van der Waals surface area contributed by atoms with Crippen molar-refractivity contribution < 1.29 is 33.9 Å². The van der Waals surface area contributed by atoms with E-state index in [0.717, 1.165) is 28.2 Å². The van der Waals surface area contributed by atoms with E-state index in [0.29, 0.717) is 25.2 Å². The van der Waals surface area contributed by atoms with Crippen LogP contribution in [-0.4, -0.2) is 53.8 Å². The molecule has 0 saturated carbocycles. The minimum absolute atomic E-state index is 0.549. The lowest BCUT2D eigenvalue weighted by Gasteiger charge is -2.26. The second-order valence-corrected chi connectivity index (χ2v) is 8.85. The van der Waals surface area contributed by atoms with Crippen LogP contribution < -0.4 is 9.47 Å². The molecule has 2 saturated heterocycles. The maximum absolute atomic E-state index is 11.0. The molecular weight excluding hydrogens is 400 g/mol. The summed E-state index contributed by atoms with van der Waals surface area (Å²) < 4.78 is 28.5. The Morgan fingerprint density at radius 3 is 2.58 bits per heavy atom. The van der Waals surface area contributed by atoms with Gasteiger partial charge in [0.05, 0.1) is 0 Å². The lowest BCUT2D eigenvalue weighted by atomic mass is 9.93. The van der Waals surface area contributed by atoms with E-state index in [1.165, 1.54) is 0 Å². The SMILES string of the molecule is Cc1ccc(C(O)[C@@H]2O[C@@H]3OC(C)(C)O[C@@H]3[C@@H]2O)cc1Cc1ccc2c(c1)OCCO2. The van der Waals surface area contributed by atoms with E-state index in [-0.39, 0.29) is 0 Å². The molecule has 0 aliphatic carbocycles. The molecule has 0 aromatic heterocycles. The topological polar surface area (TPSA) is 86.6 Å². The van der Waals surface area contributed by atoms with Crippen LogP contribution >= 0.6 is 0 Å². The van der Waals surface area contributed by atoms with E-state index in [9.17, 15) is 10.2 Å². The quantitative estimate of drug-likeness (QED) is 0.774. The molecule has 0 radical (unpaired) electrons. The van der Waals surface area contributed by atoms with E-state index >= 15 is 0 Å². The Labute approximate surface area is 181 Å². The number of aliphatic hydroxyl groups excluding tert-OH is 2. The van der Waals surface area contributed by atoms with Gasteiger partial charge in [-0.25, -0.2) is 0 Å². The summed E-state index contributed by atoms with van der Waals surface area (Å²) in [6.07, 6.45) is -3.43. The Balaban J connectivity index is 1.34. The van der Waals surface area contributed by atoms with Crippen LogP contribution in [0.1, 0.15) is 42.2 Å². The molecule has 7 heteroatoms. The summed E-state index contributed by atoms with van der Waals surface area (Å²) in [5, 5.41) is 21.7. The van der Waals surface area contributed by atoms with Gasteiger partial charge in [-0.1, -0.05) is 24.3 Å². The van der Waals surface area contributed by atoms with Crippen molar-refractivity contribution in [1.29, 1.82) is 0 Å². The van der Waals surface area contributed by atoms with Gasteiger partial charge in [-0.05, 0) is 61.6 Å². The van der Waals surface area contributed by atoms with Gasteiger partial charge in [-0.3, -0.25) is 0 Å². The highest BCUT2D eigenvalue weighted by Gasteiger charge is 2.56. The van der Waals surface area contributed by atoms with Crippen LogP contribution in [0.25, 0.3) is 0 Å². The first-order chi connectivity index (χ1) is 14.8. The molecule has 3 aliphatic heterocycles. The monoisotopic (exact) mass is 428 g/mol.